The Balaban J connectivity index is 2.27. The van der Waals surface area contributed by atoms with E-state index >= 15 is 0 Å². The summed E-state index contributed by atoms with van der Waals surface area (Å²) < 4.78 is 0. The predicted molar refractivity (Wildman–Crippen MR) is 65.7 cm³/mol. The van der Waals surface area contributed by atoms with Crippen LogP contribution < -0.4 is 10.2 Å². The molecule has 82 valence electrons. The number of nitrogens with zero attached hydrogens (tertiary/aromatic N) is 1. The zero-order valence-corrected chi connectivity index (χ0v) is 9.96. The monoisotopic (exact) mass is 224 g/mol. The van der Waals surface area contributed by atoms with Crippen molar-refractivity contribution in [3.05, 3.63) is 29.3 Å². The van der Waals surface area contributed by atoms with Gasteiger partial charge in [-0.1, -0.05) is 17.7 Å². The summed E-state index contributed by atoms with van der Waals surface area (Å²) >= 11 is 6.02. The lowest BCUT2D eigenvalue weighted by Gasteiger charge is -2.41. The number of nitrogens with one attached hydrogen (secondary N) is 1. The van der Waals surface area contributed by atoms with Crippen LogP contribution in [0.5, 0.6) is 0 Å². The van der Waals surface area contributed by atoms with Crippen LogP contribution in [0.4, 0.5) is 5.69 Å². The van der Waals surface area contributed by atoms with Gasteiger partial charge in [0.05, 0.1) is 0 Å². The van der Waals surface area contributed by atoms with Gasteiger partial charge in [0, 0.05) is 35.9 Å². The minimum atomic E-state index is 0.521. The van der Waals surface area contributed by atoms with E-state index in [9.17, 15) is 0 Å². The first-order chi connectivity index (χ1) is 7.18. The van der Waals surface area contributed by atoms with Crippen molar-refractivity contribution < 1.29 is 0 Å². The highest BCUT2D eigenvalue weighted by molar-refractivity contribution is 6.30. The third-order valence-corrected chi connectivity index (χ3v) is 3.17. The average Bonchev–Trinajstić information content (AvgIpc) is 2.17. The molecule has 1 saturated heterocycles. The van der Waals surface area contributed by atoms with Gasteiger partial charge in [0.15, 0.2) is 0 Å². The standard InChI is InChI=1S/C12H17ClN2/c1-9-7-14-8-10(2)15(9)12-5-3-4-11(13)6-12/h3-6,9-10,14H,7-8H2,1-2H3/t9-,10?/m1/s1. The van der Waals surface area contributed by atoms with Crippen molar-refractivity contribution in [1.82, 2.24) is 5.32 Å². The summed E-state index contributed by atoms with van der Waals surface area (Å²) in [7, 11) is 0. The molecule has 1 N–H and O–H groups in total. The van der Waals surface area contributed by atoms with Crippen molar-refractivity contribution in [3.63, 3.8) is 0 Å². The summed E-state index contributed by atoms with van der Waals surface area (Å²) in [6.07, 6.45) is 0. The first kappa shape index (κ1) is 10.8. The highest BCUT2D eigenvalue weighted by atomic mass is 35.5. The Hall–Kier alpha value is -0.730. The molecule has 3 heteroatoms. The molecule has 15 heavy (non-hydrogen) atoms. The SMILES string of the molecule is CC1CNC[C@@H](C)N1c1cccc(Cl)c1. The number of benzene rings is 1. The van der Waals surface area contributed by atoms with Crippen LogP contribution >= 0.6 is 11.6 Å². The fourth-order valence-corrected chi connectivity index (χ4v) is 2.46. The van der Waals surface area contributed by atoms with Gasteiger partial charge in [-0.3, -0.25) is 0 Å². The number of halogens is 1. The minimum Gasteiger partial charge on any atom is -0.364 e. The highest BCUT2D eigenvalue weighted by Crippen LogP contribution is 2.24. The number of piperazine rings is 1. The predicted octanol–water partition coefficient (Wildman–Crippen LogP) is 2.53. The second-order valence-corrected chi connectivity index (χ2v) is 4.68. The van der Waals surface area contributed by atoms with Crippen LogP contribution in [0.15, 0.2) is 24.3 Å². The normalized spacial score (nSPS) is 26.7. The average molecular weight is 225 g/mol. The topological polar surface area (TPSA) is 15.3 Å². The fourth-order valence-electron chi connectivity index (χ4n) is 2.28. The summed E-state index contributed by atoms with van der Waals surface area (Å²) in [5.41, 5.74) is 1.23. The van der Waals surface area contributed by atoms with Gasteiger partial charge in [0.2, 0.25) is 0 Å². The third kappa shape index (κ3) is 2.27. The maximum absolute atomic E-state index is 6.02. The van der Waals surface area contributed by atoms with Gasteiger partial charge in [-0.2, -0.15) is 0 Å². The first-order valence-electron chi connectivity index (χ1n) is 5.43. The molecule has 2 rings (SSSR count). The summed E-state index contributed by atoms with van der Waals surface area (Å²) in [5.74, 6) is 0. The Kier molecular flexibility index (Phi) is 3.17. The molecule has 1 aromatic carbocycles. The van der Waals surface area contributed by atoms with Crippen LogP contribution in [0.1, 0.15) is 13.8 Å². The van der Waals surface area contributed by atoms with E-state index in [2.05, 4.69) is 30.1 Å². The number of hydrogen-bond donors (Lipinski definition) is 1. The zero-order valence-electron chi connectivity index (χ0n) is 9.20. The largest absolute Gasteiger partial charge is 0.364 e. The molecule has 0 spiro atoms. The Morgan fingerprint density at radius 1 is 1.27 bits per heavy atom. The van der Waals surface area contributed by atoms with Gasteiger partial charge in [0.1, 0.15) is 0 Å². The molecular formula is C12H17ClN2. The van der Waals surface area contributed by atoms with Crippen molar-refractivity contribution in [1.29, 1.82) is 0 Å². The van der Waals surface area contributed by atoms with Gasteiger partial charge >= 0.3 is 0 Å². The van der Waals surface area contributed by atoms with Gasteiger partial charge in [-0.15, -0.1) is 0 Å². The Morgan fingerprint density at radius 2 is 1.93 bits per heavy atom. The molecule has 2 nitrogen and oxygen atoms in total. The van der Waals surface area contributed by atoms with Gasteiger partial charge in [0.25, 0.3) is 0 Å². The number of anilines is 1. The van der Waals surface area contributed by atoms with E-state index in [1.807, 2.05) is 18.2 Å². The van der Waals surface area contributed by atoms with E-state index in [0.717, 1.165) is 18.1 Å². The number of rotatable bonds is 1. The number of hydrogen-bond acceptors (Lipinski definition) is 2. The lowest BCUT2D eigenvalue weighted by atomic mass is 10.1. The summed E-state index contributed by atoms with van der Waals surface area (Å²) in [4.78, 5) is 2.43. The van der Waals surface area contributed by atoms with E-state index in [4.69, 9.17) is 11.6 Å². The zero-order chi connectivity index (χ0) is 10.8. The molecular weight excluding hydrogens is 208 g/mol. The Bertz CT molecular complexity index is 330. The lowest BCUT2D eigenvalue weighted by Crippen LogP contribution is -2.55. The van der Waals surface area contributed by atoms with Crippen molar-refractivity contribution in [2.45, 2.75) is 25.9 Å². The van der Waals surface area contributed by atoms with E-state index in [0.29, 0.717) is 12.1 Å². The molecule has 0 bridgehead atoms. The van der Waals surface area contributed by atoms with Crippen LogP contribution in [0.25, 0.3) is 0 Å². The molecule has 2 atom stereocenters. The molecule has 1 fully saturated rings. The van der Waals surface area contributed by atoms with Crippen LogP contribution in [0, 0.1) is 0 Å². The lowest BCUT2D eigenvalue weighted by molar-refractivity contribution is 0.432. The van der Waals surface area contributed by atoms with E-state index in [1.165, 1.54) is 5.69 Å². The molecule has 0 amide bonds. The van der Waals surface area contributed by atoms with Crippen molar-refractivity contribution in [2.24, 2.45) is 0 Å². The second-order valence-electron chi connectivity index (χ2n) is 4.24. The molecule has 0 saturated carbocycles. The van der Waals surface area contributed by atoms with Crippen LogP contribution in [-0.4, -0.2) is 25.2 Å². The highest BCUT2D eigenvalue weighted by Gasteiger charge is 2.24. The third-order valence-electron chi connectivity index (χ3n) is 2.94. The van der Waals surface area contributed by atoms with Crippen molar-refractivity contribution >= 4 is 17.3 Å². The molecule has 1 aliphatic rings. The smallest absolute Gasteiger partial charge is 0.0426 e. The van der Waals surface area contributed by atoms with Crippen molar-refractivity contribution in [2.75, 3.05) is 18.0 Å². The van der Waals surface area contributed by atoms with E-state index < -0.39 is 0 Å². The molecule has 0 aromatic heterocycles. The van der Waals surface area contributed by atoms with Gasteiger partial charge in [-0.05, 0) is 32.0 Å². The van der Waals surface area contributed by atoms with Crippen LogP contribution in [0.3, 0.4) is 0 Å². The second kappa shape index (κ2) is 4.42. The maximum atomic E-state index is 6.02. The van der Waals surface area contributed by atoms with Gasteiger partial charge < -0.3 is 10.2 Å². The van der Waals surface area contributed by atoms with E-state index in [-0.39, 0.29) is 0 Å². The van der Waals surface area contributed by atoms with Gasteiger partial charge in [-0.25, -0.2) is 0 Å². The first-order valence-corrected chi connectivity index (χ1v) is 5.81. The molecule has 0 aliphatic carbocycles. The summed E-state index contributed by atoms with van der Waals surface area (Å²) in [5, 5.41) is 4.23. The fraction of sp³-hybridized carbons (Fsp3) is 0.500. The summed E-state index contributed by atoms with van der Waals surface area (Å²) in [6.45, 7) is 6.56. The Morgan fingerprint density at radius 3 is 2.53 bits per heavy atom. The molecule has 1 heterocycles. The Labute approximate surface area is 96.2 Å². The quantitative estimate of drug-likeness (QED) is 0.789. The molecule has 1 aliphatic heterocycles. The van der Waals surface area contributed by atoms with Crippen molar-refractivity contribution in [3.8, 4) is 0 Å². The molecule has 1 aromatic rings. The van der Waals surface area contributed by atoms with Crippen LogP contribution in [0.2, 0.25) is 5.02 Å². The molecule has 0 radical (unpaired) electrons. The van der Waals surface area contributed by atoms with E-state index in [1.54, 1.807) is 0 Å². The minimum absolute atomic E-state index is 0.521. The maximum Gasteiger partial charge on any atom is 0.0426 e. The molecule has 1 unspecified atom stereocenters. The van der Waals surface area contributed by atoms with Crippen LogP contribution in [-0.2, 0) is 0 Å². The summed E-state index contributed by atoms with van der Waals surface area (Å²) in [6, 6.07) is 9.14.